The number of likely N-dealkylation sites (tertiary alicyclic amines) is 1. The molecule has 0 N–H and O–H groups in total. The molecule has 0 atom stereocenters. The minimum atomic E-state index is 0.143. The summed E-state index contributed by atoms with van der Waals surface area (Å²) in [7, 11) is 1.64. The van der Waals surface area contributed by atoms with Crippen molar-refractivity contribution >= 4 is 23.2 Å². The van der Waals surface area contributed by atoms with Crippen LogP contribution in [0.1, 0.15) is 84.8 Å². The number of thiazole rings is 1. The number of amides is 2. The summed E-state index contributed by atoms with van der Waals surface area (Å²) in [5.74, 6) is 1.45. The number of benzene rings is 1. The lowest BCUT2D eigenvalue weighted by molar-refractivity contribution is -0.131. The first-order chi connectivity index (χ1) is 16.6. The number of hydrogen-bond donors (Lipinski definition) is 0. The van der Waals surface area contributed by atoms with Crippen LogP contribution < -0.4 is 4.74 Å². The number of carbonyl (C=O) groups is 2. The topological polar surface area (TPSA) is 62.7 Å². The van der Waals surface area contributed by atoms with Gasteiger partial charge in [-0.05, 0) is 56.2 Å². The number of ether oxygens (including phenoxy) is 1. The van der Waals surface area contributed by atoms with Crippen LogP contribution in [0.2, 0.25) is 0 Å². The van der Waals surface area contributed by atoms with E-state index in [0.717, 1.165) is 67.9 Å². The molecule has 7 heteroatoms. The van der Waals surface area contributed by atoms with Gasteiger partial charge in [0.2, 0.25) is 5.91 Å². The average molecular weight is 482 g/mol. The predicted octanol–water partition coefficient (Wildman–Crippen LogP) is 5.04. The molecule has 1 aromatic heterocycles. The molecular weight excluding hydrogens is 446 g/mol. The summed E-state index contributed by atoms with van der Waals surface area (Å²) in [5, 5.41) is 3.03. The number of aromatic nitrogens is 1. The van der Waals surface area contributed by atoms with Gasteiger partial charge in [0.25, 0.3) is 5.91 Å². The first-order valence-corrected chi connectivity index (χ1v) is 13.7. The summed E-state index contributed by atoms with van der Waals surface area (Å²) in [6.45, 7) is 1.50. The lowest BCUT2D eigenvalue weighted by Gasteiger charge is -2.34. The molecule has 0 unspecified atom stereocenters. The number of methoxy groups -OCH3 is 1. The maximum absolute atomic E-state index is 13.4. The fourth-order valence-corrected chi connectivity index (χ4v) is 6.42. The Hall–Kier alpha value is -2.41. The summed E-state index contributed by atoms with van der Waals surface area (Å²) in [5.41, 5.74) is 1.64. The van der Waals surface area contributed by atoms with Gasteiger partial charge in [-0.25, -0.2) is 4.98 Å². The van der Waals surface area contributed by atoms with Crippen molar-refractivity contribution in [3.8, 4) is 5.75 Å². The van der Waals surface area contributed by atoms with Gasteiger partial charge in [-0.15, -0.1) is 11.3 Å². The third-order valence-corrected chi connectivity index (χ3v) is 8.60. The molecule has 2 amide bonds. The Bertz CT molecular complexity index is 987. The van der Waals surface area contributed by atoms with Gasteiger partial charge in [-0.1, -0.05) is 31.4 Å². The summed E-state index contributed by atoms with van der Waals surface area (Å²) in [4.78, 5) is 35.1. The van der Waals surface area contributed by atoms with E-state index in [-0.39, 0.29) is 11.8 Å². The van der Waals surface area contributed by atoms with Gasteiger partial charge < -0.3 is 14.5 Å². The smallest absolute Gasteiger partial charge is 0.273 e. The fraction of sp³-hybridized carbons (Fsp3) is 0.593. The van der Waals surface area contributed by atoms with Gasteiger partial charge >= 0.3 is 0 Å². The highest BCUT2D eigenvalue weighted by molar-refractivity contribution is 7.09. The number of piperidine rings is 1. The Kier molecular flexibility index (Phi) is 7.18. The quantitative estimate of drug-likeness (QED) is 0.556. The summed E-state index contributed by atoms with van der Waals surface area (Å²) in [6.07, 6.45) is 10.6. The van der Waals surface area contributed by atoms with Crippen LogP contribution in [-0.4, -0.2) is 58.9 Å². The second-order valence-corrected chi connectivity index (χ2v) is 10.9. The van der Waals surface area contributed by atoms with Crippen LogP contribution >= 0.6 is 11.3 Å². The van der Waals surface area contributed by atoms with Crippen LogP contribution in [-0.2, 0) is 11.2 Å². The Morgan fingerprint density at radius 3 is 2.32 bits per heavy atom. The Morgan fingerprint density at radius 1 is 1.00 bits per heavy atom. The SMILES string of the molecule is COc1ccc(CC(=O)N2CCC(c3nc(C(=O)N(C4CCCCC4)C4CC4)cs3)CC2)cc1. The number of carbonyl (C=O) groups excluding carboxylic acids is 2. The lowest BCUT2D eigenvalue weighted by Crippen LogP contribution is -2.43. The zero-order chi connectivity index (χ0) is 23.5. The second kappa shape index (κ2) is 10.5. The molecule has 2 heterocycles. The Balaban J connectivity index is 1.16. The molecule has 1 saturated heterocycles. The molecule has 2 aromatic rings. The van der Waals surface area contributed by atoms with E-state index < -0.39 is 0 Å². The maximum Gasteiger partial charge on any atom is 0.273 e. The van der Waals surface area contributed by atoms with Crippen molar-refractivity contribution in [2.24, 2.45) is 0 Å². The minimum Gasteiger partial charge on any atom is -0.497 e. The van der Waals surface area contributed by atoms with Crippen LogP contribution in [0.4, 0.5) is 0 Å². The largest absolute Gasteiger partial charge is 0.497 e. The van der Waals surface area contributed by atoms with Crippen molar-refractivity contribution in [3.63, 3.8) is 0 Å². The van der Waals surface area contributed by atoms with E-state index in [1.54, 1.807) is 18.4 Å². The van der Waals surface area contributed by atoms with Crippen LogP contribution in [0.5, 0.6) is 5.75 Å². The maximum atomic E-state index is 13.4. The molecule has 1 aromatic carbocycles. The Labute approximate surface area is 206 Å². The zero-order valence-corrected chi connectivity index (χ0v) is 20.9. The molecule has 1 aliphatic heterocycles. The normalized spacial score (nSPS) is 19.7. The molecule has 34 heavy (non-hydrogen) atoms. The molecular formula is C27H35N3O3S. The highest BCUT2D eigenvalue weighted by Gasteiger charge is 2.39. The van der Waals surface area contributed by atoms with Gasteiger partial charge in [0.1, 0.15) is 11.4 Å². The van der Waals surface area contributed by atoms with E-state index in [4.69, 9.17) is 9.72 Å². The monoisotopic (exact) mass is 481 g/mol. The number of nitrogens with zero attached hydrogens (tertiary/aromatic N) is 3. The zero-order valence-electron chi connectivity index (χ0n) is 20.1. The molecule has 5 rings (SSSR count). The molecule has 2 saturated carbocycles. The standard InChI is InChI=1S/C27H35N3O3S/c1-33-23-11-7-19(8-12-23)17-25(31)29-15-13-20(14-16-29)26-28-24(18-34-26)27(32)30(22-9-10-22)21-5-3-2-4-6-21/h7-8,11-12,18,20-22H,2-6,9-10,13-17H2,1H3. The highest BCUT2D eigenvalue weighted by atomic mass is 32.1. The molecule has 182 valence electrons. The van der Waals surface area contributed by atoms with Gasteiger partial charge in [0, 0.05) is 36.5 Å². The van der Waals surface area contributed by atoms with Crippen molar-refractivity contribution < 1.29 is 14.3 Å². The average Bonchev–Trinajstić information content (AvgIpc) is 3.59. The van der Waals surface area contributed by atoms with Gasteiger partial charge in [-0.2, -0.15) is 0 Å². The van der Waals surface area contributed by atoms with Crippen molar-refractivity contribution in [2.45, 2.75) is 82.2 Å². The summed E-state index contributed by atoms with van der Waals surface area (Å²) in [6, 6.07) is 8.54. The highest BCUT2D eigenvalue weighted by Crippen LogP contribution is 2.36. The van der Waals surface area contributed by atoms with E-state index in [0.29, 0.717) is 30.1 Å². The third-order valence-electron chi connectivity index (χ3n) is 7.60. The first kappa shape index (κ1) is 23.3. The van der Waals surface area contributed by atoms with Crippen molar-refractivity contribution in [1.82, 2.24) is 14.8 Å². The van der Waals surface area contributed by atoms with E-state index >= 15 is 0 Å². The molecule has 0 bridgehead atoms. The van der Waals surface area contributed by atoms with Crippen LogP contribution in [0, 0.1) is 0 Å². The van der Waals surface area contributed by atoms with Gasteiger partial charge in [-0.3, -0.25) is 9.59 Å². The molecule has 0 radical (unpaired) electrons. The van der Waals surface area contributed by atoms with E-state index in [2.05, 4.69) is 4.90 Å². The summed E-state index contributed by atoms with van der Waals surface area (Å²) >= 11 is 1.62. The van der Waals surface area contributed by atoms with Crippen LogP contribution in [0.25, 0.3) is 0 Å². The summed E-state index contributed by atoms with van der Waals surface area (Å²) < 4.78 is 5.20. The fourth-order valence-electron chi connectivity index (χ4n) is 5.45. The van der Waals surface area contributed by atoms with Crippen LogP contribution in [0.3, 0.4) is 0 Å². The van der Waals surface area contributed by atoms with E-state index in [1.165, 1.54) is 19.3 Å². The molecule has 3 aliphatic rings. The molecule has 0 spiro atoms. The van der Waals surface area contributed by atoms with Gasteiger partial charge in [0.15, 0.2) is 0 Å². The molecule has 3 fully saturated rings. The van der Waals surface area contributed by atoms with Crippen molar-refractivity contribution in [2.75, 3.05) is 20.2 Å². The third kappa shape index (κ3) is 5.29. The predicted molar refractivity (Wildman–Crippen MR) is 133 cm³/mol. The lowest BCUT2D eigenvalue weighted by atomic mass is 9.94. The molecule has 6 nitrogen and oxygen atoms in total. The Morgan fingerprint density at radius 2 is 1.68 bits per heavy atom. The van der Waals surface area contributed by atoms with E-state index in [1.807, 2.05) is 34.5 Å². The van der Waals surface area contributed by atoms with Gasteiger partial charge in [0.05, 0.1) is 18.5 Å². The minimum absolute atomic E-state index is 0.143. The first-order valence-electron chi connectivity index (χ1n) is 12.8. The number of rotatable bonds is 7. The van der Waals surface area contributed by atoms with Crippen molar-refractivity contribution in [1.29, 1.82) is 0 Å². The van der Waals surface area contributed by atoms with Crippen LogP contribution in [0.15, 0.2) is 29.6 Å². The second-order valence-electron chi connectivity index (χ2n) is 9.99. The van der Waals surface area contributed by atoms with Crippen molar-refractivity contribution in [3.05, 3.63) is 45.9 Å². The van der Waals surface area contributed by atoms with E-state index in [9.17, 15) is 9.59 Å². The number of hydrogen-bond acceptors (Lipinski definition) is 5. The molecule has 2 aliphatic carbocycles.